The van der Waals surface area contributed by atoms with E-state index in [9.17, 15) is 9.59 Å². The standard InChI is InChI=1S/C18H16N2O3.2C5H5.2Fe/c1-2-23-18(22)15-14(11-12-7-3-4-8-12)16(19-20-17(15)21)13-9-5-6-10-13;2*1-2-4-5-3-1;;/h3-10H,2,11H2,1H3,(H,20,21);2*1-5H;;/q;;;2*+2. The molecular weight excluding hydrogens is 524 g/mol. The van der Waals surface area contributed by atoms with Gasteiger partial charge < -0.3 is 4.74 Å². The van der Waals surface area contributed by atoms with Crippen LogP contribution < -0.4 is 5.56 Å². The van der Waals surface area contributed by atoms with Crippen molar-refractivity contribution in [2.75, 3.05) is 6.61 Å². The Hall–Kier alpha value is -0.611. The monoisotopic (exact) mass is 550 g/mol. The minimum atomic E-state index is -0.620. The molecule has 1 N–H and O–H groups in total. The second-order valence-corrected chi connectivity index (χ2v) is 7.04. The number of ether oxygens (including phenoxy) is 1. The summed E-state index contributed by atoms with van der Waals surface area (Å²) in [7, 11) is 0. The molecule has 1 aromatic heterocycles. The van der Waals surface area contributed by atoms with Crippen molar-refractivity contribution in [3.8, 4) is 0 Å². The van der Waals surface area contributed by atoms with Gasteiger partial charge in [0, 0.05) is 5.92 Å². The van der Waals surface area contributed by atoms with Crippen LogP contribution in [0.25, 0.3) is 0 Å². The first-order chi connectivity index (χ1) is 16.2. The fraction of sp³-hybridized carbons (Fsp3) is 0.107. The Morgan fingerprint density at radius 2 is 1.23 bits per heavy atom. The minimum Gasteiger partial charge on any atom is -0.462 e. The van der Waals surface area contributed by atoms with Gasteiger partial charge >= 0.3 is 40.1 Å². The number of nitrogens with one attached hydrogen (secondary N) is 1. The van der Waals surface area contributed by atoms with Gasteiger partial charge in [-0.25, -0.2) is 9.89 Å². The van der Waals surface area contributed by atoms with Gasteiger partial charge in [-0.1, -0.05) is 0 Å². The van der Waals surface area contributed by atoms with Crippen LogP contribution in [0.4, 0.5) is 0 Å². The van der Waals surface area contributed by atoms with Gasteiger partial charge in [0.15, 0.2) is 0 Å². The van der Waals surface area contributed by atoms with Crippen LogP contribution >= 0.6 is 0 Å². The quantitative estimate of drug-likeness (QED) is 0.449. The molecule has 5 nitrogen and oxygen atoms in total. The molecule has 4 aliphatic carbocycles. The van der Waals surface area contributed by atoms with E-state index >= 15 is 0 Å². The molecule has 0 aliphatic heterocycles. The molecule has 0 amide bonds. The van der Waals surface area contributed by atoms with E-state index in [1.165, 1.54) is 0 Å². The topological polar surface area (TPSA) is 72.0 Å². The Balaban J connectivity index is 0.000000423. The zero-order valence-electron chi connectivity index (χ0n) is 19.2. The van der Waals surface area contributed by atoms with Crippen molar-refractivity contribution in [1.29, 1.82) is 0 Å². The third-order valence-electron chi connectivity index (χ3n) is 4.72. The fourth-order valence-corrected chi connectivity index (χ4v) is 3.22. The molecule has 7 heteroatoms. The Morgan fingerprint density at radius 3 is 1.69 bits per heavy atom. The predicted octanol–water partition coefficient (Wildman–Crippen LogP) is 3.69. The molecule has 35 heavy (non-hydrogen) atoms. The number of carbonyl (C=O) groups is 1. The van der Waals surface area contributed by atoms with Gasteiger partial charge in [0.1, 0.15) is 5.56 Å². The summed E-state index contributed by atoms with van der Waals surface area (Å²) in [4.78, 5) is 24.5. The van der Waals surface area contributed by atoms with Crippen LogP contribution in [-0.4, -0.2) is 22.8 Å². The molecule has 5 rings (SSSR count). The molecule has 4 saturated carbocycles. The molecule has 0 saturated heterocycles. The van der Waals surface area contributed by atoms with E-state index in [-0.39, 0.29) is 46.3 Å². The van der Waals surface area contributed by atoms with Gasteiger partial charge in [-0.2, -0.15) is 5.10 Å². The summed E-state index contributed by atoms with van der Waals surface area (Å²) in [6, 6.07) is 0. The molecule has 0 unspecified atom stereocenters. The average molecular weight is 550 g/mol. The molecule has 178 valence electrons. The predicted molar refractivity (Wildman–Crippen MR) is 128 cm³/mol. The molecule has 0 bridgehead atoms. The number of rotatable bonds is 5. The Labute approximate surface area is 233 Å². The van der Waals surface area contributed by atoms with Crippen LogP contribution in [0, 0.1) is 127 Å². The summed E-state index contributed by atoms with van der Waals surface area (Å²) in [5.74, 6) is 1.25. The molecule has 1 heterocycles. The van der Waals surface area contributed by atoms with Gasteiger partial charge in [-0.15, -0.1) is 0 Å². The zero-order valence-corrected chi connectivity index (χ0v) is 21.4. The van der Waals surface area contributed by atoms with Crippen LogP contribution in [0.3, 0.4) is 0 Å². The normalized spacial score (nSPS) is 19.6. The summed E-state index contributed by atoms with van der Waals surface area (Å²) >= 11 is 0. The summed E-state index contributed by atoms with van der Waals surface area (Å²) in [5, 5.41) is 6.57. The van der Waals surface area contributed by atoms with Crippen molar-refractivity contribution in [3.63, 3.8) is 0 Å². The number of nitrogens with zero attached hydrogens (tertiary/aromatic N) is 1. The molecule has 4 fully saturated rings. The van der Waals surface area contributed by atoms with Crippen LogP contribution in [0.2, 0.25) is 0 Å². The van der Waals surface area contributed by atoms with Crippen molar-refractivity contribution < 1.29 is 43.7 Å². The van der Waals surface area contributed by atoms with Crippen molar-refractivity contribution in [1.82, 2.24) is 10.2 Å². The maximum atomic E-state index is 12.3. The first kappa shape index (κ1) is 32.4. The number of esters is 1. The van der Waals surface area contributed by atoms with E-state index < -0.39 is 11.5 Å². The Morgan fingerprint density at radius 1 is 0.771 bits per heavy atom. The number of H-pyrrole nitrogens is 1. The summed E-state index contributed by atoms with van der Waals surface area (Å²) < 4.78 is 5.05. The second-order valence-electron chi connectivity index (χ2n) is 7.04. The van der Waals surface area contributed by atoms with Crippen LogP contribution in [0.5, 0.6) is 0 Å². The first-order valence-electron chi connectivity index (χ1n) is 10.8. The largest absolute Gasteiger partial charge is 2.00 e. The molecular formula is C28H26Fe2N2O3+4. The fourth-order valence-electron chi connectivity index (χ4n) is 3.22. The van der Waals surface area contributed by atoms with E-state index in [0.717, 1.165) is 11.8 Å². The maximum absolute atomic E-state index is 12.3. The van der Waals surface area contributed by atoms with Crippen molar-refractivity contribution in [2.24, 2.45) is 0 Å². The SMILES string of the molecule is CCOC(=O)c1c(C[C]2[CH][CH][CH][CH]2)c([C]2[CH][CH][CH][CH]2)n[nH]c1=O.[CH]1[CH][CH][CH][CH]1.[CH]1[CH][CH][CH][CH]1.[Fe+2].[Fe+2]. The van der Waals surface area contributed by atoms with Crippen LogP contribution in [0.15, 0.2) is 4.79 Å². The van der Waals surface area contributed by atoms with Gasteiger partial charge in [0.2, 0.25) is 0 Å². The van der Waals surface area contributed by atoms with E-state index in [1.807, 2.05) is 116 Å². The molecule has 0 spiro atoms. The van der Waals surface area contributed by atoms with Crippen LogP contribution in [0.1, 0.15) is 28.5 Å². The molecule has 1 aromatic rings. The summed E-state index contributed by atoms with van der Waals surface area (Å²) in [5.41, 5.74) is 0.683. The van der Waals surface area contributed by atoms with Gasteiger partial charge in [0.25, 0.3) is 5.56 Å². The third kappa shape index (κ3) is 10.7. The van der Waals surface area contributed by atoms with E-state index in [0.29, 0.717) is 17.7 Å². The van der Waals surface area contributed by atoms with E-state index in [4.69, 9.17) is 4.74 Å². The molecule has 20 radical (unpaired) electrons. The number of aromatic amines is 1. The third-order valence-corrected chi connectivity index (χ3v) is 4.72. The first-order valence-corrected chi connectivity index (χ1v) is 10.8. The average Bonchev–Trinajstić information content (AvgIpc) is 3.64. The molecule has 4 aliphatic rings. The van der Waals surface area contributed by atoms with Gasteiger partial charge in [0.05, 0.1) is 12.3 Å². The second kappa shape index (κ2) is 18.6. The molecule has 0 aromatic carbocycles. The minimum absolute atomic E-state index is 0. The maximum Gasteiger partial charge on any atom is 2.00 e. The number of aromatic nitrogens is 2. The van der Waals surface area contributed by atoms with Gasteiger partial charge in [-0.3, -0.25) is 4.79 Å². The Kier molecular flexibility index (Phi) is 17.2. The number of hydrogen-bond donors (Lipinski definition) is 1. The van der Waals surface area contributed by atoms with Crippen molar-refractivity contribution in [3.05, 3.63) is 155 Å². The summed E-state index contributed by atoms with van der Waals surface area (Å²) in [6.45, 7) is 1.92. The molecule has 0 atom stereocenters. The van der Waals surface area contributed by atoms with Crippen LogP contribution in [-0.2, 0) is 45.3 Å². The van der Waals surface area contributed by atoms with Crippen molar-refractivity contribution >= 4 is 5.97 Å². The number of hydrogen-bond acceptors (Lipinski definition) is 4. The van der Waals surface area contributed by atoms with E-state index in [1.54, 1.807) is 6.92 Å². The Bertz CT molecular complexity index is 739. The summed E-state index contributed by atoms with van der Waals surface area (Å²) in [6.07, 6.45) is 35.7. The zero-order chi connectivity index (χ0) is 23.3. The smallest absolute Gasteiger partial charge is 0.462 e. The van der Waals surface area contributed by atoms with E-state index in [2.05, 4.69) is 10.2 Å². The van der Waals surface area contributed by atoms with Gasteiger partial charge in [-0.05, 0) is 140 Å². The van der Waals surface area contributed by atoms with Crippen molar-refractivity contribution in [2.45, 2.75) is 13.3 Å². The number of carbonyl (C=O) groups excluding carboxylic acids is 1.